The molecule has 1 aromatic carbocycles. The summed E-state index contributed by atoms with van der Waals surface area (Å²) in [5.74, 6) is -0.619. The minimum Gasteiger partial charge on any atom is -0.488 e. The number of nitrogens with one attached hydrogen (secondary N) is 1. The molecule has 24 heavy (non-hydrogen) atoms. The Balaban J connectivity index is 1.94. The first-order valence-corrected chi connectivity index (χ1v) is 8.20. The van der Waals surface area contributed by atoms with Crippen molar-refractivity contribution >= 4 is 35.0 Å². The van der Waals surface area contributed by atoms with Gasteiger partial charge in [-0.05, 0) is 50.6 Å². The summed E-state index contributed by atoms with van der Waals surface area (Å²) in [7, 11) is 0. The molecule has 0 radical (unpaired) electrons. The lowest BCUT2D eigenvalue weighted by atomic mass is 10.2. The summed E-state index contributed by atoms with van der Waals surface area (Å²) in [6, 6.07) is 7.38. The zero-order valence-corrected chi connectivity index (χ0v) is 14.5. The number of carboxylic acids is 1. The van der Waals surface area contributed by atoms with Crippen LogP contribution in [-0.4, -0.2) is 39.2 Å². The van der Waals surface area contributed by atoms with Crippen LogP contribution in [0.5, 0.6) is 5.75 Å². The van der Waals surface area contributed by atoms with E-state index in [9.17, 15) is 9.59 Å². The van der Waals surface area contributed by atoms with Crippen molar-refractivity contribution in [2.75, 3.05) is 0 Å². The normalized spacial score (nSPS) is 19.7. The summed E-state index contributed by atoms with van der Waals surface area (Å²) in [6.45, 7) is 5.93. The Kier molecular flexibility index (Phi) is 5.61. The highest BCUT2D eigenvalue weighted by Crippen LogP contribution is 2.22. The van der Waals surface area contributed by atoms with Gasteiger partial charge in [0.15, 0.2) is 5.17 Å². The first-order valence-electron chi connectivity index (χ1n) is 7.32. The largest absolute Gasteiger partial charge is 0.488 e. The zero-order valence-electron chi connectivity index (χ0n) is 13.6. The van der Waals surface area contributed by atoms with E-state index in [4.69, 9.17) is 9.84 Å². The molecule has 1 amide bonds. The lowest BCUT2D eigenvalue weighted by Crippen LogP contribution is -2.26. The molecule has 0 spiro atoms. The van der Waals surface area contributed by atoms with Crippen molar-refractivity contribution in [2.24, 2.45) is 10.2 Å². The van der Waals surface area contributed by atoms with Crippen LogP contribution in [0, 0.1) is 0 Å². The Labute approximate surface area is 144 Å². The average Bonchev–Trinajstić information content (AvgIpc) is 2.79. The summed E-state index contributed by atoms with van der Waals surface area (Å²) in [5, 5.41) is 18.7. The van der Waals surface area contributed by atoms with Gasteiger partial charge in [0.2, 0.25) is 5.91 Å². The van der Waals surface area contributed by atoms with E-state index in [2.05, 4.69) is 15.5 Å². The first-order chi connectivity index (χ1) is 11.2. The third-order valence-corrected chi connectivity index (χ3v) is 3.87. The number of hydrogen-bond acceptors (Lipinski definition) is 6. The van der Waals surface area contributed by atoms with Crippen LogP contribution in [0.4, 0.5) is 0 Å². The Bertz CT molecular complexity index is 678. The van der Waals surface area contributed by atoms with Gasteiger partial charge in [0, 0.05) is 0 Å². The lowest BCUT2D eigenvalue weighted by Gasteiger charge is -2.21. The highest BCUT2D eigenvalue weighted by Gasteiger charge is 2.32. The molecule has 1 saturated heterocycles. The van der Waals surface area contributed by atoms with Crippen LogP contribution in [0.25, 0.3) is 0 Å². The van der Waals surface area contributed by atoms with Gasteiger partial charge in [0.1, 0.15) is 16.6 Å². The minimum absolute atomic E-state index is 0.242. The van der Waals surface area contributed by atoms with Crippen LogP contribution in [0.2, 0.25) is 0 Å². The van der Waals surface area contributed by atoms with E-state index in [-0.39, 0.29) is 17.9 Å². The fourth-order valence-corrected chi connectivity index (χ4v) is 2.78. The monoisotopic (exact) mass is 349 g/mol. The molecular formula is C16H19N3O4S. The van der Waals surface area contributed by atoms with Gasteiger partial charge in [0.05, 0.1) is 12.6 Å². The Hall–Kier alpha value is -2.35. The van der Waals surface area contributed by atoms with Gasteiger partial charge in [-0.15, -0.1) is 5.10 Å². The van der Waals surface area contributed by atoms with Crippen LogP contribution >= 0.6 is 11.8 Å². The van der Waals surface area contributed by atoms with Gasteiger partial charge in [-0.3, -0.25) is 9.59 Å². The summed E-state index contributed by atoms with van der Waals surface area (Å²) >= 11 is 1.07. The summed E-state index contributed by atoms with van der Waals surface area (Å²) in [4.78, 5) is 22.2. The highest BCUT2D eigenvalue weighted by atomic mass is 32.2. The second-order valence-corrected chi connectivity index (χ2v) is 7.32. The number of carbonyl (C=O) groups excluding carboxylic acids is 1. The van der Waals surface area contributed by atoms with Gasteiger partial charge in [-0.1, -0.05) is 11.8 Å². The van der Waals surface area contributed by atoms with E-state index >= 15 is 0 Å². The second kappa shape index (κ2) is 7.48. The van der Waals surface area contributed by atoms with Crippen LogP contribution in [0.3, 0.4) is 0 Å². The van der Waals surface area contributed by atoms with Gasteiger partial charge >= 0.3 is 5.97 Å². The van der Waals surface area contributed by atoms with Gasteiger partial charge in [-0.25, -0.2) is 0 Å². The zero-order chi connectivity index (χ0) is 17.7. The standard InChI is InChI=1S/C16H19N3O4S/c1-16(2,3)23-11-6-4-10(5-7-11)9-17-19-15-18-14(22)12(24-15)8-13(20)21/h4-7,9,12H,8H2,1-3H3,(H,20,21)(H,18,19,22)/b17-9+. The number of thioether (sulfide) groups is 1. The quantitative estimate of drug-likeness (QED) is 0.627. The van der Waals surface area contributed by atoms with Crippen molar-refractivity contribution in [1.29, 1.82) is 0 Å². The van der Waals surface area contributed by atoms with Crippen LogP contribution in [0.1, 0.15) is 32.8 Å². The molecule has 8 heteroatoms. The number of rotatable bonds is 5. The van der Waals surface area contributed by atoms with Crippen LogP contribution in [0.15, 0.2) is 34.5 Å². The fourth-order valence-electron chi connectivity index (χ4n) is 1.87. The number of amidine groups is 1. The molecule has 2 rings (SSSR count). The van der Waals surface area contributed by atoms with Crippen molar-refractivity contribution in [3.8, 4) is 5.75 Å². The maximum atomic E-state index is 11.6. The van der Waals surface area contributed by atoms with Gasteiger partial charge < -0.3 is 15.2 Å². The number of aliphatic carboxylic acids is 1. The minimum atomic E-state index is -1.02. The fraction of sp³-hybridized carbons (Fsp3) is 0.375. The summed E-state index contributed by atoms with van der Waals surface area (Å²) in [5.41, 5.74) is 0.573. The number of hydrogen-bond donors (Lipinski definition) is 2. The summed E-state index contributed by atoms with van der Waals surface area (Å²) in [6.07, 6.45) is 1.31. The molecule has 1 heterocycles. The number of ether oxygens (including phenoxy) is 1. The number of nitrogens with zero attached hydrogens (tertiary/aromatic N) is 2. The number of benzene rings is 1. The third-order valence-electron chi connectivity index (χ3n) is 2.80. The molecule has 0 saturated carbocycles. The van der Waals surface area contributed by atoms with E-state index in [0.29, 0.717) is 5.17 Å². The van der Waals surface area contributed by atoms with Crippen molar-refractivity contribution in [3.63, 3.8) is 0 Å². The van der Waals surface area contributed by atoms with E-state index in [1.165, 1.54) is 0 Å². The maximum absolute atomic E-state index is 11.6. The molecule has 1 aliphatic heterocycles. The molecule has 2 N–H and O–H groups in total. The molecule has 128 valence electrons. The van der Waals surface area contributed by atoms with E-state index < -0.39 is 11.2 Å². The topological polar surface area (TPSA) is 100 Å². The molecule has 1 atom stereocenters. The molecular weight excluding hydrogens is 330 g/mol. The number of carbonyl (C=O) groups is 2. The molecule has 0 bridgehead atoms. The molecule has 0 aromatic heterocycles. The van der Waals surface area contributed by atoms with Crippen molar-refractivity contribution < 1.29 is 19.4 Å². The molecule has 1 fully saturated rings. The van der Waals surface area contributed by atoms with Gasteiger partial charge in [-0.2, -0.15) is 5.10 Å². The first kappa shape index (κ1) is 18.0. The molecule has 1 aliphatic rings. The van der Waals surface area contributed by atoms with Crippen molar-refractivity contribution in [2.45, 2.75) is 38.0 Å². The lowest BCUT2D eigenvalue weighted by molar-refractivity contribution is -0.138. The van der Waals surface area contributed by atoms with E-state index in [0.717, 1.165) is 23.1 Å². The Morgan fingerprint density at radius 3 is 2.62 bits per heavy atom. The second-order valence-electron chi connectivity index (χ2n) is 6.13. The number of amides is 1. The average molecular weight is 349 g/mol. The van der Waals surface area contributed by atoms with Crippen LogP contribution in [-0.2, 0) is 9.59 Å². The van der Waals surface area contributed by atoms with Crippen molar-refractivity contribution in [1.82, 2.24) is 5.32 Å². The van der Waals surface area contributed by atoms with Gasteiger partial charge in [0.25, 0.3) is 0 Å². The molecule has 0 aliphatic carbocycles. The third kappa shape index (κ3) is 5.69. The van der Waals surface area contributed by atoms with Crippen molar-refractivity contribution in [3.05, 3.63) is 29.8 Å². The molecule has 7 nitrogen and oxygen atoms in total. The van der Waals surface area contributed by atoms with Crippen LogP contribution < -0.4 is 10.1 Å². The molecule has 1 unspecified atom stereocenters. The van der Waals surface area contributed by atoms with E-state index in [1.54, 1.807) is 6.21 Å². The predicted molar refractivity (Wildman–Crippen MR) is 93.6 cm³/mol. The maximum Gasteiger partial charge on any atom is 0.305 e. The molecule has 1 aromatic rings. The Morgan fingerprint density at radius 1 is 1.38 bits per heavy atom. The number of carboxylic acid groups (broad SMARTS) is 1. The Morgan fingerprint density at radius 2 is 2.04 bits per heavy atom. The highest BCUT2D eigenvalue weighted by molar-refractivity contribution is 8.15. The smallest absolute Gasteiger partial charge is 0.305 e. The van der Waals surface area contributed by atoms with E-state index in [1.807, 2.05) is 45.0 Å². The predicted octanol–water partition coefficient (Wildman–Crippen LogP) is 2.26. The SMILES string of the molecule is CC(C)(C)Oc1ccc(/C=N/N=C2/NC(=O)C(CC(=O)O)S2)cc1. The summed E-state index contributed by atoms with van der Waals surface area (Å²) < 4.78 is 5.73.